The highest BCUT2D eigenvalue weighted by Crippen LogP contribution is 2.58. The Labute approximate surface area is 168 Å². The molecule has 2 aromatic carbocycles. The van der Waals surface area contributed by atoms with Gasteiger partial charge in [0.1, 0.15) is 11.5 Å². The van der Waals surface area contributed by atoms with Crippen molar-refractivity contribution in [2.75, 3.05) is 30.4 Å². The van der Waals surface area contributed by atoms with Crippen LogP contribution in [0.15, 0.2) is 42.5 Å². The maximum absolute atomic E-state index is 13.2. The first-order valence-electron chi connectivity index (χ1n) is 8.65. The highest BCUT2D eigenvalue weighted by atomic mass is 35.5. The lowest BCUT2D eigenvalue weighted by Gasteiger charge is -2.23. The van der Waals surface area contributed by atoms with Crippen molar-refractivity contribution in [2.45, 2.75) is 11.2 Å². The molecule has 2 aliphatic rings. The van der Waals surface area contributed by atoms with Gasteiger partial charge in [0, 0.05) is 23.6 Å². The van der Waals surface area contributed by atoms with Crippen molar-refractivity contribution in [1.29, 1.82) is 0 Å². The fourth-order valence-corrected chi connectivity index (χ4v) is 6.19. The quantitative estimate of drug-likeness (QED) is 0.800. The van der Waals surface area contributed by atoms with Crippen molar-refractivity contribution in [1.82, 2.24) is 0 Å². The fraction of sp³-hybridized carbons (Fsp3) is 0.316. The van der Waals surface area contributed by atoms with Gasteiger partial charge < -0.3 is 14.8 Å². The minimum atomic E-state index is -3.86. The Morgan fingerprint density at radius 3 is 2.54 bits per heavy atom. The summed E-state index contributed by atoms with van der Waals surface area (Å²) in [7, 11) is -0.864. The molecule has 148 valence electrons. The molecule has 0 spiro atoms. The predicted octanol–water partition coefficient (Wildman–Crippen LogP) is 2.90. The average Bonchev–Trinajstić information content (AvgIpc) is 3.38. The zero-order chi connectivity index (χ0) is 20.1. The van der Waals surface area contributed by atoms with Crippen LogP contribution in [-0.4, -0.2) is 39.8 Å². The van der Waals surface area contributed by atoms with E-state index >= 15 is 0 Å². The van der Waals surface area contributed by atoms with E-state index in [9.17, 15) is 13.2 Å². The van der Waals surface area contributed by atoms with Crippen LogP contribution in [0.4, 0.5) is 11.4 Å². The number of hydrogen-bond acceptors (Lipinski definition) is 5. The second kappa shape index (κ2) is 6.56. The number of nitrogens with one attached hydrogen (secondary N) is 1. The second-order valence-corrected chi connectivity index (χ2v) is 9.38. The van der Waals surface area contributed by atoms with E-state index in [1.165, 1.54) is 18.5 Å². The Balaban J connectivity index is 1.61. The molecule has 1 amide bonds. The summed E-state index contributed by atoms with van der Waals surface area (Å²) in [5.41, 5.74) is 0.902. The Morgan fingerprint density at radius 1 is 1.18 bits per heavy atom. The number of ether oxygens (including phenoxy) is 2. The number of carbonyl (C=O) groups is 1. The molecule has 1 N–H and O–H groups in total. The van der Waals surface area contributed by atoms with Crippen molar-refractivity contribution < 1.29 is 22.7 Å². The first-order chi connectivity index (χ1) is 13.3. The largest absolute Gasteiger partial charge is 0.497 e. The van der Waals surface area contributed by atoms with Crippen molar-refractivity contribution in [3.05, 3.63) is 47.5 Å². The van der Waals surface area contributed by atoms with Gasteiger partial charge in [0.25, 0.3) is 0 Å². The van der Waals surface area contributed by atoms with Gasteiger partial charge in [0.2, 0.25) is 15.9 Å². The smallest absolute Gasteiger partial charge is 0.250 e. The van der Waals surface area contributed by atoms with Crippen LogP contribution in [0.3, 0.4) is 0 Å². The Morgan fingerprint density at radius 2 is 1.89 bits per heavy atom. The summed E-state index contributed by atoms with van der Waals surface area (Å²) < 4.78 is 36.7. The fourth-order valence-electron chi connectivity index (χ4n) is 3.71. The van der Waals surface area contributed by atoms with Crippen molar-refractivity contribution in [2.24, 2.45) is 5.92 Å². The van der Waals surface area contributed by atoms with E-state index in [0.717, 1.165) is 0 Å². The molecule has 1 saturated heterocycles. The molecule has 0 unspecified atom stereocenters. The number of hydrogen-bond donors (Lipinski definition) is 1. The predicted molar refractivity (Wildman–Crippen MR) is 107 cm³/mol. The zero-order valence-electron chi connectivity index (χ0n) is 15.3. The highest BCUT2D eigenvalue weighted by molar-refractivity contribution is 7.95. The van der Waals surface area contributed by atoms with Crippen molar-refractivity contribution >= 4 is 38.9 Å². The van der Waals surface area contributed by atoms with Crippen LogP contribution in [0.5, 0.6) is 11.5 Å². The molecule has 1 saturated carbocycles. The summed E-state index contributed by atoms with van der Waals surface area (Å²) in [5.74, 6) is 0.167. The Hall–Kier alpha value is -2.45. The van der Waals surface area contributed by atoms with Gasteiger partial charge >= 0.3 is 0 Å². The monoisotopic (exact) mass is 422 g/mol. The minimum Gasteiger partial charge on any atom is -0.497 e. The van der Waals surface area contributed by atoms with E-state index in [0.29, 0.717) is 34.3 Å². The van der Waals surface area contributed by atoms with E-state index < -0.39 is 20.7 Å². The van der Waals surface area contributed by atoms with Crippen LogP contribution >= 0.6 is 11.6 Å². The van der Waals surface area contributed by atoms with Gasteiger partial charge in [-0.05, 0) is 42.8 Å². The molecule has 7 nitrogen and oxygen atoms in total. The van der Waals surface area contributed by atoms with E-state index in [2.05, 4.69) is 5.32 Å². The number of nitrogens with zero attached hydrogens (tertiary/aromatic N) is 1. The van der Waals surface area contributed by atoms with Crippen LogP contribution in [0.1, 0.15) is 6.42 Å². The van der Waals surface area contributed by atoms with Gasteiger partial charge in [-0.25, -0.2) is 8.42 Å². The number of anilines is 2. The Kier molecular flexibility index (Phi) is 4.43. The zero-order valence-corrected chi connectivity index (χ0v) is 16.9. The van der Waals surface area contributed by atoms with E-state index in [1.807, 2.05) is 0 Å². The summed E-state index contributed by atoms with van der Waals surface area (Å²) in [6.07, 6.45) is 0.309. The molecule has 0 aromatic heterocycles. The summed E-state index contributed by atoms with van der Waals surface area (Å²) in [5, 5.41) is 3.25. The number of halogens is 1. The van der Waals surface area contributed by atoms with E-state index in [1.54, 1.807) is 42.5 Å². The lowest BCUT2D eigenvalue weighted by molar-refractivity contribution is -0.116. The molecule has 1 heterocycles. The Bertz CT molecular complexity index is 1040. The van der Waals surface area contributed by atoms with Gasteiger partial charge in [0.05, 0.1) is 25.6 Å². The molecule has 1 aliphatic carbocycles. The molecule has 4 rings (SSSR count). The van der Waals surface area contributed by atoms with E-state index in [4.69, 9.17) is 21.1 Å². The van der Waals surface area contributed by atoms with E-state index in [-0.39, 0.29) is 12.5 Å². The van der Waals surface area contributed by atoms with Crippen LogP contribution in [0, 0.1) is 5.92 Å². The normalized spacial score (nSPS) is 24.4. The van der Waals surface area contributed by atoms with Crippen molar-refractivity contribution in [3.63, 3.8) is 0 Å². The number of amides is 1. The maximum atomic E-state index is 13.2. The first-order valence-corrected chi connectivity index (χ1v) is 10.5. The summed E-state index contributed by atoms with van der Waals surface area (Å²) in [6, 6.07) is 11.5. The molecule has 2 aromatic rings. The van der Waals surface area contributed by atoms with Gasteiger partial charge in [0.15, 0.2) is 4.75 Å². The van der Waals surface area contributed by atoms with Crippen LogP contribution in [0.2, 0.25) is 5.02 Å². The first kappa shape index (κ1) is 18.9. The lowest BCUT2D eigenvalue weighted by Crippen LogP contribution is -2.42. The summed E-state index contributed by atoms with van der Waals surface area (Å²) >= 11 is 5.89. The molecule has 1 aliphatic heterocycles. The molecule has 28 heavy (non-hydrogen) atoms. The minimum absolute atomic E-state index is 0.252. The lowest BCUT2D eigenvalue weighted by atomic mass is 10.2. The topological polar surface area (TPSA) is 84.9 Å². The van der Waals surface area contributed by atoms with Gasteiger partial charge in [-0.3, -0.25) is 9.10 Å². The third-order valence-corrected chi connectivity index (χ3v) is 8.14. The number of methoxy groups -OCH3 is 2. The number of sulfonamides is 1. The van der Waals surface area contributed by atoms with Crippen molar-refractivity contribution in [3.8, 4) is 11.5 Å². The third-order valence-electron chi connectivity index (χ3n) is 5.34. The third kappa shape index (κ3) is 2.70. The second-order valence-electron chi connectivity index (χ2n) is 6.82. The molecule has 9 heteroatoms. The summed E-state index contributed by atoms with van der Waals surface area (Å²) in [6.45, 7) is 0.275. The number of fused-ring (bicyclic) bond motifs is 1. The number of rotatable bonds is 5. The molecule has 2 atom stereocenters. The summed E-state index contributed by atoms with van der Waals surface area (Å²) in [4.78, 5) is 13.0. The standard InChI is InChI=1S/C19H19ClN2O5S/c1-26-15-7-8-16(17(9-15)27-2)21-18(23)19-10-12(19)11-22(28(19,24)25)14-5-3-13(20)4-6-14/h3-9,12H,10-11H2,1-2H3,(H,21,23)/t12-,19+/m1/s1. The van der Waals surface area contributed by atoms with Crippen LogP contribution < -0.4 is 19.1 Å². The van der Waals surface area contributed by atoms with Crippen LogP contribution in [0.25, 0.3) is 0 Å². The molecule has 0 radical (unpaired) electrons. The van der Waals surface area contributed by atoms with Gasteiger partial charge in [-0.15, -0.1) is 0 Å². The SMILES string of the molecule is COc1ccc(NC(=O)[C@]23C[C@@H]2CN(c2ccc(Cl)cc2)S3(=O)=O)c(OC)c1. The maximum Gasteiger partial charge on any atom is 0.250 e. The average molecular weight is 423 g/mol. The molecular formula is C19H19ClN2O5S. The van der Waals surface area contributed by atoms with Gasteiger partial charge in [-0.2, -0.15) is 0 Å². The molecular weight excluding hydrogens is 404 g/mol. The number of carbonyl (C=O) groups excluding carboxylic acids is 1. The van der Waals surface area contributed by atoms with Crippen LogP contribution in [-0.2, 0) is 14.8 Å². The molecule has 0 bridgehead atoms. The number of benzene rings is 2. The highest BCUT2D eigenvalue weighted by Gasteiger charge is 2.75. The van der Waals surface area contributed by atoms with Gasteiger partial charge in [-0.1, -0.05) is 11.6 Å². The molecule has 2 fully saturated rings.